The maximum Gasteiger partial charge on any atom is 0.335 e. The zero-order valence-corrected chi connectivity index (χ0v) is 20.5. The number of halogens is 3. The van der Waals surface area contributed by atoms with Crippen LogP contribution in [-0.2, 0) is 16.2 Å². The van der Waals surface area contributed by atoms with Gasteiger partial charge in [0, 0.05) is 10.0 Å². The van der Waals surface area contributed by atoms with Crippen LogP contribution in [0.2, 0.25) is 5.02 Å². The van der Waals surface area contributed by atoms with Gasteiger partial charge in [-0.15, -0.1) is 0 Å². The number of methoxy groups -OCH3 is 1. The second-order valence-electron chi connectivity index (χ2n) is 7.35. The lowest BCUT2D eigenvalue weighted by Crippen LogP contribution is -2.54. The fourth-order valence-corrected chi connectivity index (χ4v) is 3.92. The van der Waals surface area contributed by atoms with Gasteiger partial charge in [-0.05, 0) is 54.1 Å². The first kappa shape index (κ1) is 24.4. The minimum absolute atomic E-state index is 0.0889. The van der Waals surface area contributed by atoms with E-state index in [1.165, 1.54) is 31.4 Å². The van der Waals surface area contributed by atoms with Crippen molar-refractivity contribution in [3.63, 3.8) is 0 Å². The maximum atomic E-state index is 13.9. The van der Waals surface area contributed by atoms with Gasteiger partial charge in [0.05, 0.1) is 17.8 Å². The maximum absolute atomic E-state index is 13.9. The summed E-state index contributed by atoms with van der Waals surface area (Å²) in [6, 6.07) is 14.8. The summed E-state index contributed by atoms with van der Waals surface area (Å²) in [6.07, 6.45) is 1.30. The van der Waals surface area contributed by atoms with E-state index in [4.69, 9.17) is 21.1 Å². The van der Waals surface area contributed by atoms with Crippen LogP contribution in [0.5, 0.6) is 11.5 Å². The van der Waals surface area contributed by atoms with E-state index in [2.05, 4.69) is 21.2 Å². The molecule has 1 aliphatic heterocycles. The van der Waals surface area contributed by atoms with Gasteiger partial charge in [-0.2, -0.15) is 0 Å². The fraction of sp³-hybridized carbons (Fsp3) is 0.0800. The SMILES string of the molecule is COc1cc(/C=C2\C(=O)NC(=O)N(c3ccc(Br)cc3)C2=O)cc(Cl)c1OCc1ccccc1F. The molecule has 4 amide bonds. The van der Waals surface area contributed by atoms with Crippen molar-refractivity contribution in [1.82, 2.24) is 5.32 Å². The summed E-state index contributed by atoms with van der Waals surface area (Å²) in [4.78, 5) is 38.8. The molecule has 1 N–H and O–H groups in total. The average Bonchev–Trinajstić information content (AvgIpc) is 2.83. The van der Waals surface area contributed by atoms with E-state index >= 15 is 0 Å². The second kappa shape index (κ2) is 10.3. The number of ether oxygens (including phenoxy) is 2. The summed E-state index contributed by atoms with van der Waals surface area (Å²) < 4.78 is 25.7. The molecule has 0 atom stereocenters. The van der Waals surface area contributed by atoms with Crippen LogP contribution in [0.3, 0.4) is 0 Å². The molecule has 1 aliphatic rings. The molecule has 3 aromatic rings. The van der Waals surface area contributed by atoms with Crippen molar-refractivity contribution in [1.29, 1.82) is 0 Å². The standard InChI is InChI=1S/C25H17BrClFN2O5/c1-34-21-12-14(11-19(27)22(21)35-13-15-4-2-3-5-20(15)28)10-18-23(31)29-25(33)30(24(18)32)17-8-6-16(26)7-9-17/h2-12H,13H2,1H3,(H,29,31,33)/b18-10+. The normalized spacial score (nSPS) is 14.8. The van der Waals surface area contributed by atoms with Crippen LogP contribution in [0.25, 0.3) is 6.08 Å². The highest BCUT2D eigenvalue weighted by Crippen LogP contribution is 2.38. The van der Waals surface area contributed by atoms with Gasteiger partial charge in [-0.3, -0.25) is 14.9 Å². The Morgan fingerprint density at radius 3 is 2.49 bits per heavy atom. The molecule has 0 aromatic heterocycles. The van der Waals surface area contributed by atoms with Crippen molar-refractivity contribution in [3.8, 4) is 11.5 Å². The number of carbonyl (C=O) groups is 3. The van der Waals surface area contributed by atoms with Gasteiger partial charge in [0.15, 0.2) is 11.5 Å². The monoisotopic (exact) mass is 558 g/mol. The Hall–Kier alpha value is -3.69. The quantitative estimate of drug-likeness (QED) is 0.319. The fourth-order valence-electron chi connectivity index (χ4n) is 3.38. The number of benzene rings is 3. The number of amides is 4. The highest BCUT2D eigenvalue weighted by Gasteiger charge is 2.36. The molecule has 35 heavy (non-hydrogen) atoms. The van der Waals surface area contributed by atoms with Gasteiger partial charge < -0.3 is 9.47 Å². The van der Waals surface area contributed by atoms with Crippen molar-refractivity contribution in [2.45, 2.75) is 6.61 Å². The molecule has 178 valence electrons. The van der Waals surface area contributed by atoms with Gasteiger partial charge >= 0.3 is 6.03 Å². The minimum Gasteiger partial charge on any atom is -0.493 e. The molecule has 0 unspecified atom stereocenters. The van der Waals surface area contributed by atoms with Crippen LogP contribution in [0.15, 0.2) is 70.7 Å². The third kappa shape index (κ3) is 5.21. The highest BCUT2D eigenvalue weighted by molar-refractivity contribution is 9.10. The predicted octanol–water partition coefficient (Wildman–Crippen LogP) is 5.50. The third-order valence-corrected chi connectivity index (χ3v) is 5.89. The summed E-state index contributed by atoms with van der Waals surface area (Å²) in [7, 11) is 1.39. The Morgan fingerprint density at radius 1 is 1.09 bits per heavy atom. The Kier molecular flexibility index (Phi) is 7.18. The van der Waals surface area contributed by atoms with Crippen molar-refractivity contribution in [3.05, 3.63) is 92.7 Å². The molecule has 4 rings (SSSR count). The summed E-state index contributed by atoms with van der Waals surface area (Å²) in [5.41, 5.74) is 0.708. The molecular weight excluding hydrogens is 543 g/mol. The number of nitrogens with one attached hydrogen (secondary N) is 1. The molecule has 1 heterocycles. The first-order chi connectivity index (χ1) is 16.8. The highest BCUT2D eigenvalue weighted by atomic mass is 79.9. The molecule has 0 radical (unpaired) electrons. The lowest BCUT2D eigenvalue weighted by molar-refractivity contribution is -0.122. The average molecular weight is 560 g/mol. The second-order valence-corrected chi connectivity index (χ2v) is 8.67. The smallest absolute Gasteiger partial charge is 0.335 e. The van der Waals surface area contributed by atoms with Crippen LogP contribution >= 0.6 is 27.5 Å². The van der Waals surface area contributed by atoms with Gasteiger partial charge in [0.2, 0.25) is 0 Å². The summed E-state index contributed by atoms with van der Waals surface area (Å²) in [5.74, 6) is -1.68. The Bertz CT molecular complexity index is 1360. The molecule has 0 aliphatic carbocycles. The van der Waals surface area contributed by atoms with Crippen molar-refractivity contribution in [2.24, 2.45) is 0 Å². The Morgan fingerprint density at radius 2 is 1.80 bits per heavy atom. The lowest BCUT2D eigenvalue weighted by atomic mass is 10.1. The van der Waals surface area contributed by atoms with Crippen molar-refractivity contribution < 1.29 is 28.2 Å². The molecule has 7 nitrogen and oxygen atoms in total. The molecule has 10 heteroatoms. The predicted molar refractivity (Wildman–Crippen MR) is 132 cm³/mol. The van der Waals surface area contributed by atoms with Gasteiger partial charge in [0.25, 0.3) is 11.8 Å². The van der Waals surface area contributed by atoms with E-state index in [1.807, 2.05) is 0 Å². The topological polar surface area (TPSA) is 84.9 Å². The summed E-state index contributed by atoms with van der Waals surface area (Å²) in [5, 5.41) is 2.29. The van der Waals surface area contributed by atoms with Crippen LogP contribution in [-0.4, -0.2) is 25.0 Å². The van der Waals surface area contributed by atoms with Crippen LogP contribution in [0, 0.1) is 5.82 Å². The number of nitrogens with zero attached hydrogens (tertiary/aromatic N) is 1. The number of hydrogen-bond acceptors (Lipinski definition) is 5. The van der Waals surface area contributed by atoms with Crippen LogP contribution < -0.4 is 19.7 Å². The third-order valence-electron chi connectivity index (χ3n) is 5.08. The van der Waals surface area contributed by atoms with Gasteiger partial charge in [-0.1, -0.05) is 45.7 Å². The zero-order valence-electron chi connectivity index (χ0n) is 18.2. The minimum atomic E-state index is -0.855. The summed E-state index contributed by atoms with van der Waals surface area (Å²) in [6.45, 7) is -0.0889. The number of imide groups is 2. The molecular formula is C25H17BrClFN2O5. The molecule has 0 bridgehead atoms. The van der Waals surface area contributed by atoms with E-state index in [0.29, 0.717) is 16.8 Å². The van der Waals surface area contributed by atoms with E-state index in [9.17, 15) is 18.8 Å². The van der Waals surface area contributed by atoms with Gasteiger partial charge in [0.1, 0.15) is 18.0 Å². The van der Waals surface area contributed by atoms with E-state index in [1.54, 1.807) is 42.5 Å². The lowest BCUT2D eigenvalue weighted by Gasteiger charge is -2.26. The largest absolute Gasteiger partial charge is 0.493 e. The number of anilines is 1. The molecule has 3 aromatic carbocycles. The number of urea groups is 1. The number of carbonyl (C=O) groups excluding carboxylic acids is 3. The molecule has 1 fully saturated rings. The Labute approximate surface area is 213 Å². The number of barbiturate groups is 1. The van der Waals surface area contributed by atoms with Gasteiger partial charge in [-0.25, -0.2) is 14.1 Å². The Balaban J connectivity index is 1.64. The van der Waals surface area contributed by atoms with Crippen LogP contribution in [0.1, 0.15) is 11.1 Å². The van der Waals surface area contributed by atoms with E-state index < -0.39 is 23.7 Å². The number of hydrogen-bond donors (Lipinski definition) is 1. The van der Waals surface area contributed by atoms with E-state index in [-0.39, 0.29) is 28.7 Å². The first-order valence-corrected chi connectivity index (χ1v) is 11.4. The molecule has 1 saturated heterocycles. The first-order valence-electron chi connectivity index (χ1n) is 10.2. The summed E-state index contributed by atoms with van der Waals surface area (Å²) >= 11 is 9.69. The zero-order chi connectivity index (χ0) is 25.1. The molecule has 0 saturated carbocycles. The van der Waals surface area contributed by atoms with Crippen molar-refractivity contribution >= 4 is 57.1 Å². The van der Waals surface area contributed by atoms with E-state index in [0.717, 1.165) is 9.37 Å². The van der Waals surface area contributed by atoms with Crippen molar-refractivity contribution in [2.75, 3.05) is 12.0 Å². The number of rotatable bonds is 6. The molecule has 0 spiro atoms. The van der Waals surface area contributed by atoms with Crippen LogP contribution in [0.4, 0.5) is 14.9 Å².